The van der Waals surface area contributed by atoms with Crippen LogP contribution >= 0.6 is 0 Å². The monoisotopic (exact) mass is 519 g/mol. The number of unbranched alkanes of at least 4 members (excludes halogenated alkanes) is 5. The fourth-order valence-corrected chi connectivity index (χ4v) is 3.53. The van der Waals surface area contributed by atoms with Crippen LogP contribution in [0.5, 0.6) is 11.5 Å². The number of methoxy groups -OCH3 is 2. The Morgan fingerprint density at radius 3 is 2.00 bits per heavy atom. The van der Waals surface area contributed by atoms with Gasteiger partial charge in [-0.25, -0.2) is 0 Å². The van der Waals surface area contributed by atoms with Crippen LogP contribution in [0.3, 0.4) is 0 Å². The summed E-state index contributed by atoms with van der Waals surface area (Å²) in [6.45, 7) is 6.73. The number of rotatable bonds is 22. The van der Waals surface area contributed by atoms with Crippen molar-refractivity contribution in [2.24, 2.45) is 5.73 Å². The fraction of sp³-hybridized carbons (Fsp3) is 0.654. The lowest BCUT2D eigenvalue weighted by atomic mass is 10.1. The minimum Gasteiger partial charge on any atom is -0.493 e. The van der Waals surface area contributed by atoms with Crippen LogP contribution in [-0.4, -0.2) is 75.2 Å². The molecule has 1 heterocycles. The van der Waals surface area contributed by atoms with Crippen molar-refractivity contribution in [3.05, 3.63) is 23.8 Å². The summed E-state index contributed by atoms with van der Waals surface area (Å²) in [6, 6.07) is 5.78. The molecule has 0 aliphatic rings. The Bertz CT molecular complexity index is 873. The molecule has 11 heteroatoms. The maximum absolute atomic E-state index is 5.58. The van der Waals surface area contributed by atoms with Crippen LogP contribution in [0.1, 0.15) is 51.0 Å². The standard InChI is InChI=1S/C26H45N7O4/c1-4-5-6-7-8-9-13-28-24-31-25(29-14-16-37-18-17-36-15-12-27)33-26(32-24)30-20-21-10-11-22(34-2)23(19-21)35-3/h10-11,19H,4-9,12-18,20,27H2,1-3H3,(H3,28,29,30,31,32,33). The second kappa shape index (κ2) is 19.3. The normalized spacial score (nSPS) is 10.8. The number of aromatic nitrogens is 3. The number of hydrogen-bond acceptors (Lipinski definition) is 11. The van der Waals surface area contributed by atoms with Crippen molar-refractivity contribution >= 4 is 17.8 Å². The van der Waals surface area contributed by atoms with Gasteiger partial charge in [0, 0.05) is 26.2 Å². The first-order valence-electron chi connectivity index (χ1n) is 13.2. The average Bonchev–Trinajstić information content (AvgIpc) is 2.92. The summed E-state index contributed by atoms with van der Waals surface area (Å²) < 4.78 is 21.6. The number of ether oxygens (including phenoxy) is 4. The second-order valence-corrected chi connectivity index (χ2v) is 8.48. The van der Waals surface area contributed by atoms with Crippen molar-refractivity contribution in [3.63, 3.8) is 0 Å². The van der Waals surface area contributed by atoms with E-state index >= 15 is 0 Å². The van der Waals surface area contributed by atoms with E-state index in [1.54, 1.807) is 14.2 Å². The van der Waals surface area contributed by atoms with Crippen molar-refractivity contribution in [2.45, 2.75) is 52.0 Å². The number of nitrogens with one attached hydrogen (secondary N) is 3. The Labute approximate surface area is 221 Å². The Balaban J connectivity index is 1.92. The van der Waals surface area contributed by atoms with Crippen molar-refractivity contribution in [3.8, 4) is 11.5 Å². The van der Waals surface area contributed by atoms with E-state index in [4.69, 9.17) is 24.7 Å². The van der Waals surface area contributed by atoms with Gasteiger partial charge in [0.1, 0.15) is 0 Å². The highest BCUT2D eigenvalue weighted by atomic mass is 16.5. The van der Waals surface area contributed by atoms with Crippen LogP contribution in [0.4, 0.5) is 17.8 Å². The molecule has 0 radical (unpaired) electrons. The van der Waals surface area contributed by atoms with Gasteiger partial charge in [-0.05, 0) is 24.1 Å². The molecule has 0 saturated carbocycles. The molecule has 0 fully saturated rings. The van der Waals surface area contributed by atoms with Crippen LogP contribution in [0.25, 0.3) is 0 Å². The molecule has 0 unspecified atom stereocenters. The summed E-state index contributed by atoms with van der Waals surface area (Å²) in [5.74, 6) is 2.87. The zero-order valence-corrected chi connectivity index (χ0v) is 22.7. The first-order chi connectivity index (χ1) is 18.2. The summed E-state index contributed by atoms with van der Waals surface area (Å²) in [5, 5.41) is 9.85. The predicted octanol–water partition coefficient (Wildman–Crippen LogP) is 3.68. The Hall–Kier alpha value is -2.89. The summed E-state index contributed by atoms with van der Waals surface area (Å²) in [7, 11) is 3.24. The SMILES string of the molecule is CCCCCCCCNc1nc(NCCOCCOCCN)nc(NCc2ccc(OC)c(OC)c2)n1. The molecule has 0 bridgehead atoms. The molecule has 2 aromatic rings. The van der Waals surface area contributed by atoms with E-state index in [1.165, 1.54) is 32.1 Å². The molecule has 37 heavy (non-hydrogen) atoms. The quantitative estimate of drug-likeness (QED) is 0.169. The molecule has 1 aromatic carbocycles. The van der Waals surface area contributed by atoms with Gasteiger partial charge in [-0.15, -0.1) is 0 Å². The zero-order valence-electron chi connectivity index (χ0n) is 22.7. The first kappa shape index (κ1) is 30.3. The second-order valence-electron chi connectivity index (χ2n) is 8.48. The van der Waals surface area contributed by atoms with Gasteiger partial charge in [-0.1, -0.05) is 45.1 Å². The molecule has 1 aromatic heterocycles. The van der Waals surface area contributed by atoms with Crippen molar-refractivity contribution in [1.29, 1.82) is 0 Å². The molecule has 208 valence electrons. The fourth-order valence-electron chi connectivity index (χ4n) is 3.53. The maximum atomic E-state index is 5.58. The minimum atomic E-state index is 0.480. The van der Waals surface area contributed by atoms with Crippen LogP contribution in [0, 0.1) is 0 Å². The Kier molecular flexibility index (Phi) is 15.8. The number of benzene rings is 1. The average molecular weight is 520 g/mol. The van der Waals surface area contributed by atoms with E-state index in [1.807, 2.05) is 18.2 Å². The number of anilines is 3. The van der Waals surface area contributed by atoms with Gasteiger partial charge < -0.3 is 40.6 Å². The Morgan fingerprint density at radius 2 is 1.32 bits per heavy atom. The van der Waals surface area contributed by atoms with E-state index < -0.39 is 0 Å². The van der Waals surface area contributed by atoms with Crippen LogP contribution in [0.15, 0.2) is 18.2 Å². The summed E-state index contributed by atoms with van der Waals surface area (Å²) in [4.78, 5) is 13.6. The van der Waals surface area contributed by atoms with Gasteiger partial charge in [0.2, 0.25) is 17.8 Å². The molecule has 0 atom stereocenters. The zero-order chi connectivity index (χ0) is 26.6. The molecule has 2 rings (SSSR count). The van der Waals surface area contributed by atoms with Gasteiger partial charge in [0.15, 0.2) is 11.5 Å². The molecule has 0 saturated heterocycles. The lowest BCUT2D eigenvalue weighted by Crippen LogP contribution is -2.17. The molecule has 0 amide bonds. The van der Waals surface area contributed by atoms with Crippen molar-refractivity contribution in [2.75, 3.05) is 76.2 Å². The lowest BCUT2D eigenvalue weighted by Gasteiger charge is -2.13. The van der Waals surface area contributed by atoms with Crippen molar-refractivity contribution < 1.29 is 18.9 Å². The first-order valence-corrected chi connectivity index (χ1v) is 13.2. The highest BCUT2D eigenvalue weighted by molar-refractivity contribution is 5.45. The topological polar surface area (TPSA) is 138 Å². The predicted molar refractivity (Wildman–Crippen MR) is 148 cm³/mol. The van der Waals surface area contributed by atoms with Crippen LogP contribution < -0.4 is 31.2 Å². The lowest BCUT2D eigenvalue weighted by molar-refractivity contribution is 0.0547. The highest BCUT2D eigenvalue weighted by Crippen LogP contribution is 2.27. The van der Waals surface area contributed by atoms with Gasteiger partial charge in [-0.2, -0.15) is 15.0 Å². The van der Waals surface area contributed by atoms with E-state index in [0.717, 1.165) is 18.5 Å². The minimum absolute atomic E-state index is 0.480. The van der Waals surface area contributed by atoms with E-state index in [-0.39, 0.29) is 0 Å². The molecule has 5 N–H and O–H groups in total. The van der Waals surface area contributed by atoms with Crippen molar-refractivity contribution in [1.82, 2.24) is 15.0 Å². The molecular weight excluding hydrogens is 474 g/mol. The summed E-state index contributed by atoms with van der Waals surface area (Å²) in [6.07, 6.45) is 7.38. The van der Waals surface area contributed by atoms with Gasteiger partial charge in [0.05, 0.1) is 40.6 Å². The van der Waals surface area contributed by atoms with Crippen LogP contribution in [0.2, 0.25) is 0 Å². The van der Waals surface area contributed by atoms with Gasteiger partial charge in [0.25, 0.3) is 0 Å². The van der Waals surface area contributed by atoms with E-state index in [2.05, 4.69) is 37.8 Å². The van der Waals surface area contributed by atoms with E-state index in [0.29, 0.717) is 75.4 Å². The van der Waals surface area contributed by atoms with Gasteiger partial charge in [-0.3, -0.25) is 0 Å². The van der Waals surface area contributed by atoms with E-state index in [9.17, 15) is 0 Å². The molecule has 0 aliphatic heterocycles. The third-order valence-electron chi connectivity index (χ3n) is 5.51. The third-order valence-corrected chi connectivity index (χ3v) is 5.51. The number of nitrogens with two attached hydrogens (primary N) is 1. The Morgan fingerprint density at radius 1 is 0.703 bits per heavy atom. The molecular formula is C26H45N7O4. The van der Waals surface area contributed by atoms with Crippen LogP contribution in [-0.2, 0) is 16.0 Å². The van der Waals surface area contributed by atoms with Gasteiger partial charge >= 0.3 is 0 Å². The number of nitrogens with zero attached hydrogens (tertiary/aromatic N) is 3. The molecule has 0 spiro atoms. The number of hydrogen-bond donors (Lipinski definition) is 4. The summed E-state index contributed by atoms with van der Waals surface area (Å²) >= 11 is 0. The highest BCUT2D eigenvalue weighted by Gasteiger charge is 2.09. The summed E-state index contributed by atoms with van der Waals surface area (Å²) in [5.41, 5.74) is 6.42. The smallest absolute Gasteiger partial charge is 0.229 e. The third kappa shape index (κ3) is 12.8. The molecule has 11 nitrogen and oxygen atoms in total. The maximum Gasteiger partial charge on any atom is 0.229 e. The molecule has 0 aliphatic carbocycles. The largest absolute Gasteiger partial charge is 0.493 e.